The molecule has 0 unspecified atom stereocenters. The monoisotopic (exact) mass is 145 g/mol. The van der Waals surface area contributed by atoms with Crippen molar-refractivity contribution >= 4 is 0 Å². The van der Waals surface area contributed by atoms with Crippen LogP contribution in [0.3, 0.4) is 0 Å². The molecular weight excluding hydrogens is 128 g/mol. The predicted octanol–water partition coefficient (Wildman–Crippen LogP) is -0.578. The largest absolute Gasteiger partial charge is 0.370 e. The van der Waals surface area contributed by atoms with E-state index >= 15 is 0 Å². The fourth-order valence-electron chi connectivity index (χ4n) is 1.32. The van der Waals surface area contributed by atoms with E-state index in [2.05, 4.69) is 7.05 Å². The van der Waals surface area contributed by atoms with Crippen molar-refractivity contribution in [2.75, 3.05) is 46.4 Å². The molecule has 1 heterocycles. The quantitative estimate of drug-likeness (QED) is 0.528. The van der Waals surface area contributed by atoms with Gasteiger partial charge in [0.2, 0.25) is 0 Å². The number of ether oxygens (including phenoxy) is 1. The topological polar surface area (TPSA) is 35.2 Å². The summed E-state index contributed by atoms with van der Waals surface area (Å²) in [6.45, 7) is 5.92. The minimum atomic E-state index is 0.788. The first-order valence-electron chi connectivity index (χ1n) is 3.88. The molecule has 1 aliphatic heterocycles. The smallest absolute Gasteiger partial charge is 0.102 e. The summed E-state index contributed by atoms with van der Waals surface area (Å²) in [5, 5.41) is 0. The molecule has 60 valence electrons. The molecule has 1 rings (SSSR count). The van der Waals surface area contributed by atoms with E-state index < -0.39 is 0 Å². The molecule has 0 aromatic rings. The van der Waals surface area contributed by atoms with Crippen LogP contribution in [-0.4, -0.2) is 50.9 Å². The number of quaternary nitrogens is 1. The maximum Gasteiger partial charge on any atom is 0.102 e. The van der Waals surface area contributed by atoms with Crippen molar-refractivity contribution in [2.45, 2.75) is 0 Å². The van der Waals surface area contributed by atoms with Gasteiger partial charge >= 0.3 is 0 Å². The van der Waals surface area contributed by atoms with Crippen LogP contribution in [0, 0.1) is 0 Å². The van der Waals surface area contributed by atoms with Crippen molar-refractivity contribution < 1.29 is 9.22 Å². The average Bonchev–Trinajstić information content (AvgIpc) is 1.89. The van der Waals surface area contributed by atoms with Gasteiger partial charge in [0.05, 0.1) is 26.8 Å². The van der Waals surface area contributed by atoms with Crippen molar-refractivity contribution in [1.82, 2.24) is 0 Å². The molecule has 0 aromatic heterocycles. The fraction of sp³-hybridized carbons (Fsp3) is 1.00. The molecule has 0 radical (unpaired) electrons. The number of likely N-dealkylation sites (N-methyl/N-ethyl adjacent to an activating group) is 1. The summed E-state index contributed by atoms with van der Waals surface area (Å²) in [5.74, 6) is 0. The molecule has 0 saturated carbocycles. The Balaban J connectivity index is 2.32. The fourth-order valence-corrected chi connectivity index (χ4v) is 1.32. The zero-order valence-electron chi connectivity index (χ0n) is 6.68. The summed E-state index contributed by atoms with van der Waals surface area (Å²) in [7, 11) is 2.25. The molecular formula is C7H17N2O+. The molecule has 0 amide bonds. The third kappa shape index (κ3) is 1.94. The SMILES string of the molecule is C[N+]1(CCN)CCOCC1. The second-order valence-electron chi connectivity index (χ2n) is 3.19. The second-order valence-corrected chi connectivity index (χ2v) is 3.19. The van der Waals surface area contributed by atoms with Crippen LogP contribution in [0.15, 0.2) is 0 Å². The van der Waals surface area contributed by atoms with E-state index in [1.165, 1.54) is 0 Å². The van der Waals surface area contributed by atoms with Crippen molar-refractivity contribution in [3.8, 4) is 0 Å². The Morgan fingerprint density at radius 2 is 2.00 bits per heavy atom. The van der Waals surface area contributed by atoms with E-state index in [4.69, 9.17) is 10.5 Å². The highest BCUT2D eigenvalue weighted by Crippen LogP contribution is 2.05. The van der Waals surface area contributed by atoms with Crippen molar-refractivity contribution in [3.05, 3.63) is 0 Å². The van der Waals surface area contributed by atoms with Crippen LogP contribution in [0.1, 0.15) is 0 Å². The van der Waals surface area contributed by atoms with Crippen LogP contribution in [0.25, 0.3) is 0 Å². The maximum atomic E-state index is 5.49. The van der Waals surface area contributed by atoms with E-state index in [1.54, 1.807) is 0 Å². The zero-order valence-corrected chi connectivity index (χ0v) is 6.68. The van der Waals surface area contributed by atoms with Crippen LogP contribution < -0.4 is 5.73 Å². The molecule has 0 bridgehead atoms. The van der Waals surface area contributed by atoms with Gasteiger partial charge in [-0.3, -0.25) is 0 Å². The van der Waals surface area contributed by atoms with Crippen LogP contribution in [0.5, 0.6) is 0 Å². The molecule has 0 spiro atoms. The van der Waals surface area contributed by atoms with Gasteiger partial charge in [0.1, 0.15) is 13.1 Å². The van der Waals surface area contributed by atoms with Gasteiger partial charge in [-0.25, -0.2) is 0 Å². The standard InChI is InChI=1S/C7H17N2O/c1-9(3-2-8)4-6-10-7-5-9/h2-8H2,1H3/q+1. The lowest BCUT2D eigenvalue weighted by Gasteiger charge is -2.37. The normalized spacial score (nSPS) is 24.6. The van der Waals surface area contributed by atoms with E-state index in [0.29, 0.717) is 0 Å². The Hall–Kier alpha value is -0.120. The summed E-state index contributed by atoms with van der Waals surface area (Å²) >= 11 is 0. The van der Waals surface area contributed by atoms with Crippen LogP contribution in [-0.2, 0) is 4.74 Å². The maximum absolute atomic E-state index is 5.49. The van der Waals surface area contributed by atoms with Crippen molar-refractivity contribution in [2.24, 2.45) is 5.73 Å². The van der Waals surface area contributed by atoms with Crippen LogP contribution in [0.2, 0.25) is 0 Å². The first-order valence-corrected chi connectivity index (χ1v) is 3.88. The summed E-state index contributed by atoms with van der Waals surface area (Å²) < 4.78 is 6.35. The molecule has 0 aliphatic carbocycles. The molecule has 0 atom stereocenters. The van der Waals surface area contributed by atoms with Crippen LogP contribution in [0.4, 0.5) is 0 Å². The molecule has 0 aromatic carbocycles. The highest BCUT2D eigenvalue weighted by atomic mass is 16.5. The number of hydrogen-bond donors (Lipinski definition) is 1. The van der Waals surface area contributed by atoms with Gasteiger partial charge in [0, 0.05) is 6.54 Å². The number of hydrogen-bond acceptors (Lipinski definition) is 2. The second kappa shape index (κ2) is 3.32. The number of morpholine rings is 1. The molecule has 1 fully saturated rings. The molecule has 1 saturated heterocycles. The minimum Gasteiger partial charge on any atom is -0.370 e. The third-order valence-electron chi connectivity index (χ3n) is 2.22. The van der Waals surface area contributed by atoms with E-state index in [-0.39, 0.29) is 0 Å². The lowest BCUT2D eigenvalue weighted by Crippen LogP contribution is -2.54. The molecule has 10 heavy (non-hydrogen) atoms. The van der Waals surface area contributed by atoms with Crippen LogP contribution >= 0.6 is 0 Å². The Kier molecular flexibility index (Phi) is 2.65. The lowest BCUT2D eigenvalue weighted by molar-refractivity contribution is -0.915. The van der Waals surface area contributed by atoms with Gasteiger partial charge in [-0.05, 0) is 0 Å². The Labute approximate surface area is 62.3 Å². The summed E-state index contributed by atoms with van der Waals surface area (Å²) in [6, 6.07) is 0. The molecule has 2 N–H and O–H groups in total. The Morgan fingerprint density at radius 1 is 1.40 bits per heavy atom. The Morgan fingerprint density at radius 3 is 2.50 bits per heavy atom. The molecule has 1 aliphatic rings. The van der Waals surface area contributed by atoms with Gasteiger partial charge in [-0.2, -0.15) is 0 Å². The first kappa shape index (κ1) is 7.98. The summed E-state index contributed by atoms with van der Waals surface area (Å²) in [6.07, 6.45) is 0. The van der Waals surface area contributed by atoms with Gasteiger partial charge in [0.15, 0.2) is 0 Å². The highest BCUT2D eigenvalue weighted by Gasteiger charge is 2.23. The van der Waals surface area contributed by atoms with Gasteiger partial charge in [0.25, 0.3) is 0 Å². The number of nitrogens with two attached hydrogens (primary N) is 1. The minimum absolute atomic E-state index is 0.788. The summed E-state index contributed by atoms with van der Waals surface area (Å²) in [4.78, 5) is 0. The Bertz CT molecular complexity index is 94.3. The van der Waals surface area contributed by atoms with Crippen molar-refractivity contribution in [3.63, 3.8) is 0 Å². The van der Waals surface area contributed by atoms with Gasteiger partial charge in [-0.1, -0.05) is 0 Å². The van der Waals surface area contributed by atoms with Crippen molar-refractivity contribution in [1.29, 1.82) is 0 Å². The average molecular weight is 145 g/mol. The lowest BCUT2D eigenvalue weighted by atomic mass is 10.3. The van der Waals surface area contributed by atoms with E-state index in [0.717, 1.165) is 43.9 Å². The van der Waals surface area contributed by atoms with Gasteiger partial charge in [-0.15, -0.1) is 0 Å². The highest BCUT2D eigenvalue weighted by molar-refractivity contribution is 4.46. The van der Waals surface area contributed by atoms with Gasteiger partial charge < -0.3 is 15.0 Å². The molecule has 3 heteroatoms. The predicted molar refractivity (Wildman–Crippen MR) is 40.7 cm³/mol. The number of rotatable bonds is 2. The first-order chi connectivity index (χ1) is 4.77. The molecule has 3 nitrogen and oxygen atoms in total. The third-order valence-corrected chi connectivity index (χ3v) is 2.22. The zero-order chi connectivity index (χ0) is 7.45. The summed E-state index contributed by atoms with van der Waals surface area (Å²) in [5.41, 5.74) is 5.49. The van der Waals surface area contributed by atoms with E-state index in [9.17, 15) is 0 Å². The van der Waals surface area contributed by atoms with E-state index in [1.807, 2.05) is 0 Å². The number of nitrogens with zero attached hydrogens (tertiary/aromatic N) is 1.